The number of nitrogens with zero attached hydrogens (tertiary/aromatic N) is 6. The molecule has 4 N–H and O–H groups in total. The van der Waals surface area contributed by atoms with E-state index in [0.717, 1.165) is 15.9 Å². The van der Waals surface area contributed by atoms with Crippen LogP contribution in [0.2, 0.25) is 0 Å². The monoisotopic (exact) mass is 936 g/mol. The zero-order valence-electron chi connectivity index (χ0n) is 33.0. The third kappa shape index (κ3) is 10.9. The molecule has 0 fully saturated rings. The molecule has 0 saturated heterocycles. The second-order valence-electron chi connectivity index (χ2n) is 13.3. The molecular formula is C40H41BrN8O10S2. The summed E-state index contributed by atoms with van der Waals surface area (Å²) in [6.45, 7) is -1.89. The lowest BCUT2D eigenvalue weighted by Crippen LogP contribution is -2.42. The third-order valence-corrected chi connectivity index (χ3v) is 13.2. The molecule has 0 aliphatic carbocycles. The number of carbonyl (C=O) groups excluding carboxylic acids is 1. The zero-order valence-corrected chi connectivity index (χ0v) is 36.2. The first-order valence-electron chi connectivity index (χ1n) is 18.3. The van der Waals surface area contributed by atoms with Crippen molar-refractivity contribution in [2.45, 2.75) is 35.5 Å². The van der Waals surface area contributed by atoms with E-state index in [4.69, 9.17) is 24.7 Å². The van der Waals surface area contributed by atoms with Gasteiger partial charge in [0.15, 0.2) is 0 Å². The molecule has 6 aromatic rings. The summed E-state index contributed by atoms with van der Waals surface area (Å²) in [5.74, 6) is 1.45. The van der Waals surface area contributed by atoms with E-state index < -0.39 is 55.2 Å². The quantitative estimate of drug-likeness (QED) is 0.0957. The van der Waals surface area contributed by atoms with Crippen LogP contribution in [0.3, 0.4) is 0 Å². The number of methoxy groups -OCH3 is 3. The second kappa shape index (κ2) is 19.6. The SMILES string of the molecule is COc1ccc(CN(Cc2ccc(OC)cc2)S(=O)(=O)c2c(S(=O)(=O)NC(CO)COC(N)=O)ccc(-c3cccc(Br)n3)c2-c2nnn(Cc3ccc(OC)cc3)n2)cc1. The van der Waals surface area contributed by atoms with Gasteiger partial charge in [-0.15, -0.1) is 10.2 Å². The van der Waals surface area contributed by atoms with Crippen LogP contribution in [-0.4, -0.2) is 98.1 Å². The molecule has 4 aromatic carbocycles. The summed E-state index contributed by atoms with van der Waals surface area (Å²) in [6.07, 6.45) is -1.22. The minimum absolute atomic E-state index is 0.0994. The van der Waals surface area contributed by atoms with E-state index in [1.807, 2.05) is 0 Å². The number of hydrogen-bond acceptors (Lipinski definition) is 14. The van der Waals surface area contributed by atoms with Crippen molar-refractivity contribution in [3.05, 3.63) is 124 Å². The van der Waals surface area contributed by atoms with Gasteiger partial charge in [-0.2, -0.15) is 9.10 Å². The van der Waals surface area contributed by atoms with Gasteiger partial charge in [-0.3, -0.25) is 0 Å². The molecule has 61 heavy (non-hydrogen) atoms. The summed E-state index contributed by atoms with van der Waals surface area (Å²) in [5.41, 5.74) is 7.10. The van der Waals surface area contributed by atoms with Crippen molar-refractivity contribution in [2.24, 2.45) is 5.73 Å². The van der Waals surface area contributed by atoms with Gasteiger partial charge in [-0.25, -0.2) is 31.3 Å². The van der Waals surface area contributed by atoms with Crippen molar-refractivity contribution in [1.29, 1.82) is 0 Å². The van der Waals surface area contributed by atoms with Crippen molar-refractivity contribution in [3.63, 3.8) is 0 Å². The van der Waals surface area contributed by atoms with Crippen LogP contribution in [0, 0.1) is 0 Å². The Balaban J connectivity index is 1.62. The van der Waals surface area contributed by atoms with E-state index in [0.29, 0.717) is 33.0 Å². The average molecular weight is 938 g/mol. The molecule has 320 valence electrons. The average Bonchev–Trinajstić information content (AvgIpc) is 3.73. The summed E-state index contributed by atoms with van der Waals surface area (Å²) < 4.78 is 85.1. The van der Waals surface area contributed by atoms with Gasteiger partial charge in [-0.1, -0.05) is 48.5 Å². The summed E-state index contributed by atoms with van der Waals surface area (Å²) >= 11 is 3.39. The number of pyridine rings is 1. The van der Waals surface area contributed by atoms with Crippen molar-refractivity contribution in [2.75, 3.05) is 34.5 Å². The standard InChI is InChI=1S/C40H41BrN8O10S2/c1-56-30-13-7-26(8-14-30)21-48(22-27-9-15-31(57-2)16-10-27)61(54,55)38-35(60(52,53)46-29(24-50)25-59-40(42)51)20-19-33(34-5-4-6-36(41)43-34)37(38)39-44-47-49(45-39)23-28-11-17-32(58-3)18-12-28/h4-20,29,46,50H,21-25H2,1-3H3,(H2,42,51). The fourth-order valence-corrected chi connectivity index (χ4v) is 10.1. The summed E-state index contributed by atoms with van der Waals surface area (Å²) in [4.78, 5) is 15.8. The topological polar surface area (TPSA) is 240 Å². The molecular weight excluding hydrogens is 897 g/mol. The predicted octanol–water partition coefficient (Wildman–Crippen LogP) is 4.36. The molecule has 2 aromatic heterocycles. The second-order valence-corrected chi connectivity index (χ2v) is 17.6. The Kier molecular flexibility index (Phi) is 14.3. The Morgan fingerprint density at radius 2 is 1.38 bits per heavy atom. The molecule has 1 atom stereocenters. The number of tetrazole rings is 1. The van der Waals surface area contributed by atoms with E-state index in [1.54, 1.807) is 98.1 Å². The third-order valence-electron chi connectivity index (χ3n) is 9.16. The lowest BCUT2D eigenvalue weighted by molar-refractivity contribution is 0.130. The normalized spacial score (nSPS) is 12.2. The van der Waals surface area contributed by atoms with E-state index in [-0.39, 0.29) is 42.3 Å². The molecule has 0 radical (unpaired) electrons. The Bertz CT molecular complexity index is 2640. The van der Waals surface area contributed by atoms with Crippen LogP contribution < -0.4 is 24.7 Å². The lowest BCUT2D eigenvalue weighted by atomic mass is 10.0. The molecule has 6 rings (SSSR count). The molecule has 18 nitrogen and oxygen atoms in total. The summed E-state index contributed by atoms with van der Waals surface area (Å²) in [7, 11) is -5.35. The van der Waals surface area contributed by atoms with Gasteiger partial charge >= 0.3 is 6.09 Å². The zero-order chi connectivity index (χ0) is 43.7. The minimum atomic E-state index is -4.97. The number of carbonyl (C=O) groups is 1. The largest absolute Gasteiger partial charge is 0.497 e. The maximum atomic E-state index is 15.8. The van der Waals surface area contributed by atoms with Crippen LogP contribution >= 0.6 is 15.9 Å². The summed E-state index contributed by atoms with van der Waals surface area (Å²) in [6, 6.07) is 26.6. The van der Waals surface area contributed by atoms with Crippen molar-refractivity contribution < 1.29 is 45.7 Å². The number of nitrogens with two attached hydrogens (primary N) is 1. The number of amides is 1. The van der Waals surface area contributed by atoms with Gasteiger partial charge in [0.25, 0.3) is 0 Å². The first-order valence-corrected chi connectivity index (χ1v) is 22.0. The lowest BCUT2D eigenvalue weighted by Gasteiger charge is -2.26. The fourth-order valence-electron chi connectivity index (χ4n) is 6.14. The van der Waals surface area contributed by atoms with Gasteiger partial charge in [0.1, 0.15) is 38.2 Å². The molecule has 0 saturated carbocycles. The number of halogens is 1. The van der Waals surface area contributed by atoms with Crippen molar-refractivity contribution in [3.8, 4) is 39.9 Å². The van der Waals surface area contributed by atoms with Crippen LogP contribution in [0.15, 0.2) is 118 Å². The number of primary amides is 1. The Morgan fingerprint density at radius 3 is 1.89 bits per heavy atom. The van der Waals surface area contributed by atoms with Gasteiger partial charge in [0, 0.05) is 18.7 Å². The molecule has 2 heterocycles. The first kappa shape index (κ1) is 44.6. The van der Waals surface area contributed by atoms with E-state index in [1.165, 1.54) is 25.1 Å². The Labute approximate surface area is 360 Å². The fraction of sp³-hybridized carbons (Fsp3) is 0.225. The number of benzene rings is 4. The number of aliphatic hydroxyl groups is 1. The molecule has 1 amide bonds. The Morgan fingerprint density at radius 1 is 0.820 bits per heavy atom. The highest BCUT2D eigenvalue weighted by atomic mass is 79.9. The molecule has 0 spiro atoms. The number of rotatable bonds is 19. The first-order chi connectivity index (χ1) is 29.2. The number of aliphatic hydroxyl groups excluding tert-OH is 1. The molecule has 1 unspecified atom stereocenters. The maximum Gasteiger partial charge on any atom is 0.404 e. The van der Waals surface area contributed by atoms with Crippen LogP contribution in [0.4, 0.5) is 4.79 Å². The van der Waals surface area contributed by atoms with E-state index in [2.05, 4.69) is 41.0 Å². The van der Waals surface area contributed by atoms with E-state index in [9.17, 15) is 18.3 Å². The summed E-state index contributed by atoms with van der Waals surface area (Å²) in [5, 5.41) is 23.3. The number of sulfonamides is 2. The van der Waals surface area contributed by atoms with Crippen LogP contribution in [0.1, 0.15) is 16.7 Å². The highest BCUT2D eigenvalue weighted by molar-refractivity contribution is 9.10. The van der Waals surface area contributed by atoms with Crippen molar-refractivity contribution >= 4 is 42.1 Å². The van der Waals surface area contributed by atoms with Gasteiger partial charge < -0.3 is 29.8 Å². The maximum absolute atomic E-state index is 15.8. The number of nitrogens with one attached hydrogen (secondary N) is 1. The number of ether oxygens (including phenoxy) is 4. The minimum Gasteiger partial charge on any atom is -0.497 e. The van der Waals surface area contributed by atoms with Crippen LogP contribution in [0.25, 0.3) is 22.6 Å². The Hall–Kier alpha value is -5.97. The molecule has 21 heteroatoms. The number of aromatic nitrogens is 5. The van der Waals surface area contributed by atoms with Crippen LogP contribution in [0.5, 0.6) is 17.2 Å². The number of hydrogen-bond donors (Lipinski definition) is 3. The van der Waals surface area contributed by atoms with Crippen molar-refractivity contribution in [1.82, 2.24) is 34.2 Å². The highest BCUT2D eigenvalue weighted by Crippen LogP contribution is 2.41. The van der Waals surface area contributed by atoms with Gasteiger partial charge in [-0.05, 0) is 92.4 Å². The smallest absolute Gasteiger partial charge is 0.404 e. The highest BCUT2D eigenvalue weighted by Gasteiger charge is 2.38. The molecule has 0 aliphatic rings. The van der Waals surface area contributed by atoms with Gasteiger partial charge in [0.05, 0.1) is 51.8 Å². The van der Waals surface area contributed by atoms with E-state index >= 15 is 8.42 Å². The predicted molar refractivity (Wildman–Crippen MR) is 225 cm³/mol. The molecule has 0 bridgehead atoms. The molecule has 0 aliphatic heterocycles. The van der Waals surface area contributed by atoms with Gasteiger partial charge in [0.2, 0.25) is 25.9 Å². The van der Waals surface area contributed by atoms with Crippen LogP contribution in [-0.2, 0) is 44.4 Å².